The van der Waals surface area contributed by atoms with Gasteiger partial charge in [-0.15, -0.1) is 11.3 Å². The predicted octanol–water partition coefficient (Wildman–Crippen LogP) is 3.52. The third-order valence-corrected chi connectivity index (χ3v) is 6.14. The standard InChI is InChI=1S/C20H21NO2S/c1-14-12-15(8-9-16-6-5-11-24-16)17-13-19(22)23-20(17,2)18-7-3-4-10-21(14)18/h5-6,11-14,18H,3-4,7,10H2,1-2H3/t14-,18?,20-/m0/s1. The molecule has 3 aliphatic heterocycles. The Hall–Kier alpha value is -1.83. The van der Waals surface area contributed by atoms with Crippen molar-refractivity contribution in [2.75, 3.05) is 6.54 Å². The number of rotatable bonds is 0. The van der Waals surface area contributed by atoms with Gasteiger partial charge in [-0.3, -0.25) is 4.90 Å². The maximum Gasteiger partial charge on any atom is 0.332 e. The van der Waals surface area contributed by atoms with Crippen molar-refractivity contribution in [3.05, 3.63) is 45.7 Å². The van der Waals surface area contributed by atoms with E-state index in [4.69, 9.17) is 4.74 Å². The van der Waals surface area contributed by atoms with Crippen molar-refractivity contribution in [3.63, 3.8) is 0 Å². The van der Waals surface area contributed by atoms with Crippen molar-refractivity contribution in [2.24, 2.45) is 0 Å². The summed E-state index contributed by atoms with van der Waals surface area (Å²) < 4.78 is 5.84. The molecule has 1 saturated heterocycles. The molecule has 0 aromatic carbocycles. The Morgan fingerprint density at radius 1 is 1.38 bits per heavy atom. The van der Waals surface area contributed by atoms with Crippen LogP contribution >= 0.6 is 11.3 Å². The Morgan fingerprint density at radius 3 is 3.04 bits per heavy atom. The highest BCUT2D eigenvalue weighted by Gasteiger charge is 2.51. The van der Waals surface area contributed by atoms with Crippen LogP contribution in [0, 0.1) is 11.8 Å². The molecule has 0 saturated carbocycles. The highest BCUT2D eigenvalue weighted by atomic mass is 32.1. The van der Waals surface area contributed by atoms with Crippen molar-refractivity contribution in [2.45, 2.75) is 50.8 Å². The number of piperidine rings is 1. The zero-order chi connectivity index (χ0) is 16.7. The van der Waals surface area contributed by atoms with Gasteiger partial charge in [0.25, 0.3) is 0 Å². The van der Waals surface area contributed by atoms with E-state index in [0.717, 1.165) is 29.0 Å². The minimum atomic E-state index is -0.585. The van der Waals surface area contributed by atoms with Gasteiger partial charge in [-0.05, 0) is 44.7 Å². The van der Waals surface area contributed by atoms with E-state index in [1.807, 2.05) is 17.5 Å². The fraction of sp³-hybridized carbons (Fsp3) is 0.450. The molecule has 1 aromatic rings. The Kier molecular flexibility index (Phi) is 3.86. The van der Waals surface area contributed by atoms with Crippen LogP contribution in [-0.4, -0.2) is 35.1 Å². The molecule has 1 unspecified atom stereocenters. The summed E-state index contributed by atoms with van der Waals surface area (Å²) in [6, 6.07) is 4.55. The van der Waals surface area contributed by atoms with Crippen molar-refractivity contribution in [3.8, 4) is 11.8 Å². The van der Waals surface area contributed by atoms with Crippen LogP contribution in [0.3, 0.4) is 0 Å². The minimum Gasteiger partial charge on any atom is -0.450 e. The number of nitrogens with zero attached hydrogens (tertiary/aromatic N) is 1. The van der Waals surface area contributed by atoms with E-state index in [1.165, 1.54) is 12.8 Å². The summed E-state index contributed by atoms with van der Waals surface area (Å²) in [5, 5.41) is 2.03. The molecule has 0 aliphatic carbocycles. The smallest absolute Gasteiger partial charge is 0.332 e. The Morgan fingerprint density at radius 2 is 2.25 bits per heavy atom. The lowest BCUT2D eigenvalue weighted by Crippen LogP contribution is -2.55. The normalized spacial score (nSPS) is 32.5. The lowest BCUT2D eigenvalue weighted by atomic mass is 9.81. The van der Waals surface area contributed by atoms with Gasteiger partial charge in [-0.25, -0.2) is 4.79 Å². The van der Waals surface area contributed by atoms with Crippen LogP contribution in [0.2, 0.25) is 0 Å². The zero-order valence-corrected chi connectivity index (χ0v) is 14.9. The second-order valence-electron chi connectivity index (χ2n) is 6.88. The third kappa shape index (κ3) is 2.53. The van der Waals surface area contributed by atoms with Crippen molar-refractivity contribution in [1.29, 1.82) is 0 Å². The first-order chi connectivity index (χ1) is 11.6. The Balaban J connectivity index is 1.80. The maximum absolute atomic E-state index is 12.1. The van der Waals surface area contributed by atoms with Crippen LogP contribution in [-0.2, 0) is 9.53 Å². The zero-order valence-electron chi connectivity index (χ0n) is 14.0. The highest BCUT2D eigenvalue weighted by molar-refractivity contribution is 7.10. The molecule has 124 valence electrons. The molecule has 0 radical (unpaired) electrons. The van der Waals surface area contributed by atoms with E-state index in [-0.39, 0.29) is 12.0 Å². The van der Waals surface area contributed by atoms with E-state index in [0.29, 0.717) is 6.04 Å². The first kappa shape index (κ1) is 15.7. The van der Waals surface area contributed by atoms with Crippen LogP contribution in [0.1, 0.15) is 38.0 Å². The number of carbonyl (C=O) groups is 1. The highest BCUT2D eigenvalue weighted by Crippen LogP contribution is 2.44. The van der Waals surface area contributed by atoms with Gasteiger partial charge in [-0.1, -0.05) is 30.4 Å². The monoisotopic (exact) mass is 339 g/mol. The van der Waals surface area contributed by atoms with Crippen LogP contribution in [0.4, 0.5) is 0 Å². The molecule has 1 aromatic heterocycles. The van der Waals surface area contributed by atoms with Gasteiger partial charge in [0.15, 0.2) is 5.60 Å². The van der Waals surface area contributed by atoms with Crippen molar-refractivity contribution >= 4 is 17.3 Å². The van der Waals surface area contributed by atoms with E-state index in [9.17, 15) is 4.79 Å². The van der Waals surface area contributed by atoms with Gasteiger partial charge < -0.3 is 4.74 Å². The molecule has 24 heavy (non-hydrogen) atoms. The number of hydrogen-bond donors (Lipinski definition) is 0. The van der Waals surface area contributed by atoms with E-state index in [1.54, 1.807) is 17.4 Å². The summed E-state index contributed by atoms with van der Waals surface area (Å²) in [5.41, 5.74) is 1.31. The van der Waals surface area contributed by atoms with Gasteiger partial charge >= 0.3 is 5.97 Å². The number of thiophene rings is 1. The number of esters is 1. The first-order valence-electron chi connectivity index (χ1n) is 8.56. The lowest BCUT2D eigenvalue weighted by molar-refractivity contribution is -0.151. The lowest BCUT2D eigenvalue weighted by Gasteiger charge is -2.45. The van der Waals surface area contributed by atoms with Crippen molar-refractivity contribution in [1.82, 2.24) is 4.90 Å². The number of ether oxygens (including phenoxy) is 1. The quantitative estimate of drug-likeness (QED) is 0.535. The molecule has 3 aliphatic rings. The van der Waals surface area contributed by atoms with Crippen LogP contribution in [0.5, 0.6) is 0 Å². The summed E-state index contributed by atoms with van der Waals surface area (Å²) in [5.74, 6) is 6.32. The Labute approximate surface area is 147 Å². The molecule has 0 N–H and O–H groups in total. The molecular weight excluding hydrogens is 318 g/mol. The number of carbonyl (C=O) groups excluding carboxylic acids is 1. The average molecular weight is 339 g/mol. The summed E-state index contributed by atoms with van der Waals surface area (Å²) in [6.45, 7) is 5.33. The SMILES string of the molecule is C[C@H]1C=C(C#Cc2cccs2)C2=CC(=O)O[C@]2(C)C2CCCCN21. The van der Waals surface area contributed by atoms with Gasteiger partial charge in [0, 0.05) is 23.3 Å². The molecule has 4 heterocycles. The van der Waals surface area contributed by atoms with Gasteiger partial charge in [0.05, 0.1) is 10.9 Å². The molecule has 0 bridgehead atoms. The molecule has 0 spiro atoms. The van der Waals surface area contributed by atoms with Crippen LogP contribution in [0.25, 0.3) is 0 Å². The maximum atomic E-state index is 12.1. The second-order valence-corrected chi connectivity index (χ2v) is 7.83. The first-order valence-corrected chi connectivity index (χ1v) is 9.44. The predicted molar refractivity (Wildman–Crippen MR) is 95.7 cm³/mol. The summed E-state index contributed by atoms with van der Waals surface area (Å²) in [7, 11) is 0. The minimum absolute atomic E-state index is 0.233. The summed E-state index contributed by atoms with van der Waals surface area (Å²) in [6.07, 6.45) is 7.31. The molecule has 0 amide bonds. The van der Waals surface area contributed by atoms with Gasteiger partial charge in [0.1, 0.15) is 0 Å². The molecule has 4 heteroatoms. The van der Waals surface area contributed by atoms with Crippen LogP contribution in [0.15, 0.2) is 40.8 Å². The molecule has 3 atom stereocenters. The largest absolute Gasteiger partial charge is 0.450 e. The number of hydrogen-bond acceptors (Lipinski definition) is 4. The molecule has 3 nitrogen and oxygen atoms in total. The van der Waals surface area contributed by atoms with Gasteiger partial charge in [-0.2, -0.15) is 0 Å². The topological polar surface area (TPSA) is 29.5 Å². The average Bonchev–Trinajstić information content (AvgIpc) is 3.17. The van der Waals surface area contributed by atoms with E-state index in [2.05, 4.69) is 36.7 Å². The van der Waals surface area contributed by atoms with Crippen LogP contribution < -0.4 is 0 Å². The molecule has 1 fully saturated rings. The van der Waals surface area contributed by atoms with Gasteiger partial charge in [0.2, 0.25) is 0 Å². The molecule has 4 rings (SSSR count). The fourth-order valence-electron chi connectivity index (χ4n) is 4.19. The molecular formula is C20H21NO2S. The van der Waals surface area contributed by atoms with Crippen molar-refractivity contribution < 1.29 is 9.53 Å². The Bertz CT molecular complexity index is 780. The second kappa shape index (κ2) is 5.91. The summed E-state index contributed by atoms with van der Waals surface area (Å²) >= 11 is 1.63. The number of fused-ring (bicyclic) bond motifs is 3. The van der Waals surface area contributed by atoms with E-state index >= 15 is 0 Å². The fourth-order valence-corrected chi connectivity index (χ4v) is 4.77. The van der Waals surface area contributed by atoms with E-state index < -0.39 is 5.60 Å². The third-order valence-electron chi connectivity index (χ3n) is 5.35. The summed E-state index contributed by atoms with van der Waals surface area (Å²) in [4.78, 5) is 15.6.